The van der Waals surface area contributed by atoms with E-state index < -0.39 is 0 Å². The maximum absolute atomic E-state index is 12.8. The number of hydrogen-bond donors (Lipinski definition) is 0. The van der Waals surface area contributed by atoms with Gasteiger partial charge in [-0.3, -0.25) is 4.79 Å². The molecule has 8 atom stereocenters. The van der Waals surface area contributed by atoms with Crippen LogP contribution in [-0.4, -0.2) is 19.0 Å². The summed E-state index contributed by atoms with van der Waals surface area (Å²) in [5.74, 6) is 3.06. The first-order valence-electron chi connectivity index (χ1n) is 13.7. The van der Waals surface area contributed by atoms with E-state index in [-0.39, 0.29) is 16.9 Å². The van der Waals surface area contributed by atoms with Crippen LogP contribution in [0.4, 0.5) is 0 Å². The van der Waals surface area contributed by atoms with Gasteiger partial charge in [0.2, 0.25) is 0 Å². The van der Waals surface area contributed by atoms with Crippen LogP contribution >= 0.6 is 0 Å². The lowest BCUT2D eigenvalue weighted by Gasteiger charge is -2.63. The maximum atomic E-state index is 12.8. The molecule has 0 saturated heterocycles. The molecule has 0 aromatic heterocycles. The Morgan fingerprint density at radius 2 is 1.82 bits per heavy atom. The van der Waals surface area contributed by atoms with Gasteiger partial charge in [0.05, 0.1) is 6.10 Å². The highest BCUT2D eigenvalue weighted by Crippen LogP contribution is 2.73. The largest absolute Gasteiger partial charge is 0.377 e. The summed E-state index contributed by atoms with van der Waals surface area (Å²) in [6, 6.07) is 0. The molecule has 2 nitrogen and oxygen atoms in total. The van der Waals surface area contributed by atoms with Crippen molar-refractivity contribution in [3.8, 4) is 0 Å². The van der Waals surface area contributed by atoms with Crippen molar-refractivity contribution in [2.24, 2.45) is 45.3 Å². The Bertz CT molecular complexity index is 845. The Balaban J connectivity index is 1.63. The predicted molar refractivity (Wildman–Crippen MR) is 138 cm³/mol. The van der Waals surface area contributed by atoms with Gasteiger partial charge in [-0.2, -0.15) is 0 Å². The number of ketones is 1. The molecular formula is C31H50O2. The molecule has 4 rings (SSSR count). The molecule has 0 spiro atoms. The summed E-state index contributed by atoms with van der Waals surface area (Å²) in [6.07, 6.45) is 14.6. The fraction of sp³-hybridized carbons (Fsp3) is 0.839. The molecule has 0 N–H and O–H groups in total. The minimum atomic E-state index is -0.177. The summed E-state index contributed by atoms with van der Waals surface area (Å²) in [7, 11) is 1.86. The van der Waals surface area contributed by atoms with Gasteiger partial charge in [-0.15, -0.1) is 0 Å². The van der Waals surface area contributed by atoms with Gasteiger partial charge in [-0.05, 0) is 98.7 Å². The van der Waals surface area contributed by atoms with Crippen LogP contribution in [0.5, 0.6) is 0 Å². The molecule has 33 heavy (non-hydrogen) atoms. The number of carbonyl (C=O) groups excluding carboxylic acids is 1. The van der Waals surface area contributed by atoms with E-state index in [1.807, 2.05) is 7.11 Å². The van der Waals surface area contributed by atoms with Crippen molar-refractivity contribution in [1.82, 2.24) is 0 Å². The van der Waals surface area contributed by atoms with Crippen LogP contribution < -0.4 is 0 Å². The third-order valence-corrected chi connectivity index (χ3v) is 11.8. The zero-order valence-corrected chi connectivity index (χ0v) is 23.0. The molecule has 186 valence electrons. The molecule has 0 aliphatic heterocycles. The quantitative estimate of drug-likeness (QED) is 0.392. The monoisotopic (exact) mass is 454 g/mol. The molecule has 3 saturated carbocycles. The van der Waals surface area contributed by atoms with Gasteiger partial charge < -0.3 is 4.74 Å². The Hall–Kier alpha value is -0.890. The lowest BCUT2D eigenvalue weighted by molar-refractivity contribution is -0.146. The van der Waals surface area contributed by atoms with Gasteiger partial charge in [-0.25, -0.2) is 0 Å². The first kappa shape index (κ1) is 25.2. The third-order valence-electron chi connectivity index (χ3n) is 11.8. The van der Waals surface area contributed by atoms with Crippen LogP contribution in [0.3, 0.4) is 0 Å². The molecular weight excluding hydrogens is 404 g/mol. The van der Waals surface area contributed by atoms with E-state index in [0.717, 1.165) is 31.6 Å². The smallest absolute Gasteiger partial charge is 0.138 e. The van der Waals surface area contributed by atoms with Crippen molar-refractivity contribution in [2.45, 2.75) is 113 Å². The zero-order valence-electron chi connectivity index (χ0n) is 23.0. The average molecular weight is 455 g/mol. The zero-order chi connectivity index (χ0) is 24.4. The number of methoxy groups -OCH3 is 1. The fourth-order valence-electron chi connectivity index (χ4n) is 9.60. The maximum Gasteiger partial charge on any atom is 0.138 e. The van der Waals surface area contributed by atoms with Crippen molar-refractivity contribution in [1.29, 1.82) is 0 Å². The molecule has 0 radical (unpaired) electrons. The molecule has 0 heterocycles. The summed E-state index contributed by atoms with van der Waals surface area (Å²) < 4.78 is 5.86. The van der Waals surface area contributed by atoms with E-state index in [1.54, 1.807) is 5.57 Å². The highest BCUT2D eigenvalue weighted by atomic mass is 16.5. The minimum absolute atomic E-state index is 0.177. The number of hydrogen-bond acceptors (Lipinski definition) is 2. The second kappa shape index (κ2) is 8.35. The number of rotatable bonds is 5. The lowest BCUT2D eigenvalue weighted by Crippen LogP contribution is -2.57. The fourth-order valence-corrected chi connectivity index (χ4v) is 9.60. The highest BCUT2D eigenvalue weighted by molar-refractivity contribution is 5.85. The normalized spacial score (nSPS) is 43.6. The van der Waals surface area contributed by atoms with Gasteiger partial charge in [0.15, 0.2) is 0 Å². The molecule has 0 bridgehead atoms. The summed E-state index contributed by atoms with van der Waals surface area (Å²) in [5.41, 5.74) is 3.89. The second-order valence-electron chi connectivity index (χ2n) is 13.8. The van der Waals surface area contributed by atoms with Gasteiger partial charge >= 0.3 is 0 Å². The topological polar surface area (TPSA) is 26.3 Å². The first-order valence-corrected chi connectivity index (χ1v) is 13.7. The number of Topliss-reactive ketones (excluding diaryl/α,β-unsaturated/α-hetero) is 1. The highest BCUT2D eigenvalue weighted by Gasteiger charge is 2.65. The Morgan fingerprint density at radius 3 is 2.45 bits per heavy atom. The van der Waals surface area contributed by atoms with Crippen molar-refractivity contribution in [3.63, 3.8) is 0 Å². The van der Waals surface area contributed by atoms with E-state index in [2.05, 4.69) is 67.5 Å². The van der Waals surface area contributed by atoms with E-state index in [4.69, 9.17) is 4.74 Å². The van der Waals surface area contributed by atoms with Crippen molar-refractivity contribution >= 4 is 5.78 Å². The first-order chi connectivity index (χ1) is 15.3. The predicted octanol–water partition coefficient (Wildman–Crippen LogP) is 8.17. The van der Waals surface area contributed by atoms with E-state index >= 15 is 0 Å². The third kappa shape index (κ3) is 3.64. The molecule has 4 aliphatic carbocycles. The van der Waals surface area contributed by atoms with Gasteiger partial charge in [0, 0.05) is 18.9 Å². The Labute approximate surface area is 204 Å². The van der Waals surface area contributed by atoms with Gasteiger partial charge in [0.25, 0.3) is 0 Å². The number of fused-ring (bicyclic) bond motifs is 5. The molecule has 3 fully saturated rings. The Morgan fingerprint density at radius 1 is 1.12 bits per heavy atom. The molecule has 0 amide bonds. The van der Waals surface area contributed by atoms with Crippen molar-refractivity contribution < 1.29 is 9.53 Å². The van der Waals surface area contributed by atoms with Crippen molar-refractivity contribution in [2.75, 3.05) is 7.11 Å². The summed E-state index contributed by atoms with van der Waals surface area (Å²) in [6.45, 7) is 19.1. The standard InChI is InChI=1S/C31H50O2/c1-20(2)18-22(33-9)19-21(3)23-12-16-31(8)25-10-11-26-28(4,5)27(32)14-15-29(26,6)24(25)13-17-30(23,31)7/h10,18,21-24,26H,11-17,19H2,1-9H3/t21-,22-,23-,24-,26?,29+,30-,31+/m0/s1. The van der Waals surface area contributed by atoms with Crippen LogP contribution in [0.15, 0.2) is 23.3 Å². The minimum Gasteiger partial charge on any atom is -0.377 e. The lowest BCUT2D eigenvalue weighted by atomic mass is 9.41. The molecule has 4 aliphatic rings. The SMILES string of the molecule is CO[C@@H](C=C(C)C)C[C@H](C)[C@@H]1CC[C@]2(C)C3=CCC4C(C)(C)C(=O)CC[C@]4(C)[C@H]3CC[C@@]12C. The van der Waals surface area contributed by atoms with E-state index in [9.17, 15) is 4.79 Å². The molecule has 1 unspecified atom stereocenters. The van der Waals surface area contributed by atoms with E-state index in [1.165, 1.54) is 31.3 Å². The van der Waals surface area contributed by atoms with Gasteiger partial charge in [0.1, 0.15) is 5.78 Å². The van der Waals surface area contributed by atoms with Crippen LogP contribution in [-0.2, 0) is 9.53 Å². The number of allylic oxidation sites excluding steroid dienone is 3. The molecule has 0 aromatic carbocycles. The average Bonchev–Trinajstić information content (AvgIpc) is 3.02. The number of ether oxygens (including phenoxy) is 1. The molecule has 0 aromatic rings. The second-order valence-corrected chi connectivity index (χ2v) is 13.8. The summed E-state index contributed by atoms with van der Waals surface area (Å²) in [4.78, 5) is 12.8. The van der Waals surface area contributed by atoms with Crippen LogP contribution in [0.1, 0.15) is 107 Å². The Kier molecular flexibility index (Phi) is 6.38. The van der Waals surface area contributed by atoms with Crippen LogP contribution in [0, 0.1) is 45.3 Å². The number of carbonyl (C=O) groups is 1. The van der Waals surface area contributed by atoms with E-state index in [0.29, 0.717) is 34.4 Å². The van der Waals surface area contributed by atoms with Crippen LogP contribution in [0.2, 0.25) is 0 Å². The summed E-state index contributed by atoms with van der Waals surface area (Å²) >= 11 is 0. The van der Waals surface area contributed by atoms with Crippen LogP contribution in [0.25, 0.3) is 0 Å². The van der Waals surface area contributed by atoms with Gasteiger partial charge in [-0.1, -0.05) is 64.8 Å². The summed E-state index contributed by atoms with van der Waals surface area (Å²) in [5, 5.41) is 0. The van der Waals surface area contributed by atoms with Crippen molar-refractivity contribution in [3.05, 3.63) is 23.3 Å². The molecule has 2 heteroatoms.